The minimum Gasteiger partial charge on any atom is -0.508 e. The lowest BCUT2D eigenvalue weighted by Crippen LogP contribution is -1.88. The number of allylic oxidation sites excluding steroid dienone is 1. The molecular weight excluding hydrogens is 212 g/mol. The molecule has 2 heteroatoms. The van der Waals surface area contributed by atoms with Gasteiger partial charge in [0, 0.05) is 0 Å². The second kappa shape index (κ2) is 4.74. The Morgan fingerprint density at radius 2 is 1.29 bits per heavy atom. The molecule has 0 bridgehead atoms. The molecule has 86 valence electrons. The lowest BCUT2D eigenvalue weighted by atomic mass is 10.00. The molecule has 0 fully saturated rings. The van der Waals surface area contributed by atoms with Gasteiger partial charge in [0.05, 0.1) is 0 Å². The van der Waals surface area contributed by atoms with Crippen LogP contribution in [0.3, 0.4) is 0 Å². The van der Waals surface area contributed by atoms with Crippen molar-refractivity contribution in [1.82, 2.24) is 0 Å². The zero-order chi connectivity index (χ0) is 12.3. The Kier molecular flexibility index (Phi) is 3.15. The molecule has 2 rings (SSSR count). The summed E-state index contributed by atoms with van der Waals surface area (Å²) in [4.78, 5) is 0. The highest BCUT2D eigenvalue weighted by Crippen LogP contribution is 2.21. The van der Waals surface area contributed by atoms with Crippen LogP contribution in [0.25, 0.3) is 5.57 Å². The van der Waals surface area contributed by atoms with E-state index in [4.69, 9.17) is 0 Å². The van der Waals surface area contributed by atoms with Crippen molar-refractivity contribution < 1.29 is 10.2 Å². The van der Waals surface area contributed by atoms with E-state index < -0.39 is 0 Å². The maximum atomic E-state index is 9.20. The van der Waals surface area contributed by atoms with Crippen molar-refractivity contribution >= 4 is 5.57 Å². The van der Waals surface area contributed by atoms with Crippen LogP contribution in [0.15, 0.2) is 55.1 Å². The molecule has 0 atom stereocenters. The Bertz CT molecular complexity index is 510. The molecule has 2 nitrogen and oxygen atoms in total. The van der Waals surface area contributed by atoms with Gasteiger partial charge in [-0.2, -0.15) is 0 Å². The third kappa shape index (κ3) is 2.88. The molecule has 2 aromatic carbocycles. The number of phenols is 2. The van der Waals surface area contributed by atoms with Gasteiger partial charge in [0.15, 0.2) is 0 Å². The van der Waals surface area contributed by atoms with Gasteiger partial charge in [0.2, 0.25) is 0 Å². The number of phenolic OH excluding ortho intramolecular Hbond substituents is 2. The largest absolute Gasteiger partial charge is 0.508 e. The summed E-state index contributed by atoms with van der Waals surface area (Å²) in [5.41, 5.74) is 3.09. The van der Waals surface area contributed by atoms with E-state index in [1.807, 2.05) is 24.3 Å². The minimum absolute atomic E-state index is 0.256. The maximum Gasteiger partial charge on any atom is 0.115 e. The Morgan fingerprint density at radius 3 is 1.82 bits per heavy atom. The van der Waals surface area contributed by atoms with Gasteiger partial charge in [0.1, 0.15) is 11.5 Å². The molecule has 0 heterocycles. The molecule has 17 heavy (non-hydrogen) atoms. The van der Waals surface area contributed by atoms with E-state index in [1.54, 1.807) is 24.3 Å². The van der Waals surface area contributed by atoms with E-state index in [9.17, 15) is 10.2 Å². The van der Waals surface area contributed by atoms with Gasteiger partial charge in [-0.3, -0.25) is 0 Å². The second-order valence-corrected chi connectivity index (χ2v) is 3.99. The number of benzene rings is 2. The molecule has 0 aliphatic rings. The smallest absolute Gasteiger partial charge is 0.115 e. The molecule has 2 aromatic rings. The van der Waals surface area contributed by atoms with Crippen molar-refractivity contribution in [2.75, 3.05) is 0 Å². The van der Waals surface area contributed by atoms with Gasteiger partial charge in [-0.25, -0.2) is 0 Å². The highest BCUT2D eigenvalue weighted by Gasteiger charge is 2.01. The minimum atomic E-state index is 0.256. The van der Waals surface area contributed by atoms with Crippen molar-refractivity contribution in [3.05, 3.63) is 66.2 Å². The van der Waals surface area contributed by atoms with Crippen LogP contribution in [0.5, 0.6) is 11.5 Å². The predicted molar refractivity (Wildman–Crippen MR) is 69.0 cm³/mol. The van der Waals surface area contributed by atoms with E-state index >= 15 is 0 Å². The van der Waals surface area contributed by atoms with Gasteiger partial charge >= 0.3 is 0 Å². The van der Waals surface area contributed by atoms with E-state index in [-0.39, 0.29) is 11.5 Å². The number of hydrogen-bond donors (Lipinski definition) is 2. The summed E-state index contributed by atoms with van der Waals surface area (Å²) in [6, 6.07) is 14.1. The topological polar surface area (TPSA) is 40.5 Å². The predicted octanol–water partition coefficient (Wildman–Crippen LogP) is 3.35. The first kappa shape index (κ1) is 11.3. The Balaban J connectivity index is 2.11. The first-order chi connectivity index (χ1) is 8.15. The molecule has 0 aromatic heterocycles. The fourth-order valence-electron chi connectivity index (χ4n) is 1.66. The Hall–Kier alpha value is -2.22. The van der Waals surface area contributed by atoms with E-state index in [0.717, 1.165) is 23.1 Å². The number of rotatable bonds is 3. The van der Waals surface area contributed by atoms with Crippen LogP contribution in [-0.4, -0.2) is 10.2 Å². The standard InChI is InChI=1S/C15H14O2/c1-11(13-4-8-15(17)9-5-13)10-12-2-6-14(16)7-3-12/h2-9,16-17H,1,10H2. The third-order valence-electron chi connectivity index (χ3n) is 2.63. The van der Waals surface area contributed by atoms with Gasteiger partial charge in [-0.1, -0.05) is 30.8 Å². The van der Waals surface area contributed by atoms with Crippen molar-refractivity contribution in [1.29, 1.82) is 0 Å². The van der Waals surface area contributed by atoms with Crippen molar-refractivity contribution in [3.8, 4) is 11.5 Å². The molecule has 0 radical (unpaired) electrons. The van der Waals surface area contributed by atoms with Crippen molar-refractivity contribution in [3.63, 3.8) is 0 Å². The van der Waals surface area contributed by atoms with Gasteiger partial charge in [-0.15, -0.1) is 0 Å². The third-order valence-corrected chi connectivity index (χ3v) is 2.63. The first-order valence-corrected chi connectivity index (χ1v) is 5.40. The summed E-state index contributed by atoms with van der Waals surface area (Å²) in [7, 11) is 0. The van der Waals surface area contributed by atoms with Gasteiger partial charge in [0.25, 0.3) is 0 Å². The molecule has 0 spiro atoms. The van der Waals surface area contributed by atoms with Crippen molar-refractivity contribution in [2.24, 2.45) is 0 Å². The molecule has 0 aliphatic carbocycles. The van der Waals surface area contributed by atoms with E-state index in [2.05, 4.69) is 6.58 Å². The van der Waals surface area contributed by atoms with Gasteiger partial charge < -0.3 is 10.2 Å². The molecule has 0 saturated heterocycles. The molecule has 0 amide bonds. The van der Waals surface area contributed by atoms with Crippen LogP contribution in [0.1, 0.15) is 11.1 Å². The summed E-state index contributed by atoms with van der Waals surface area (Å²) in [6.07, 6.45) is 0.727. The van der Waals surface area contributed by atoms with Crippen LogP contribution in [-0.2, 0) is 6.42 Å². The number of aromatic hydroxyl groups is 2. The van der Waals surface area contributed by atoms with Crippen LogP contribution in [0, 0.1) is 0 Å². The van der Waals surface area contributed by atoms with E-state index in [1.165, 1.54) is 0 Å². The zero-order valence-electron chi connectivity index (χ0n) is 9.43. The van der Waals surface area contributed by atoms with Crippen LogP contribution in [0.2, 0.25) is 0 Å². The first-order valence-electron chi connectivity index (χ1n) is 5.40. The van der Waals surface area contributed by atoms with E-state index in [0.29, 0.717) is 0 Å². The lowest BCUT2D eigenvalue weighted by Gasteiger charge is -2.06. The number of hydrogen-bond acceptors (Lipinski definition) is 2. The zero-order valence-corrected chi connectivity index (χ0v) is 9.43. The normalized spacial score (nSPS) is 10.1. The SMILES string of the molecule is C=C(Cc1ccc(O)cc1)c1ccc(O)cc1. The highest BCUT2D eigenvalue weighted by molar-refractivity contribution is 5.66. The summed E-state index contributed by atoms with van der Waals surface area (Å²) >= 11 is 0. The summed E-state index contributed by atoms with van der Waals surface area (Å²) in [6.45, 7) is 4.03. The molecule has 0 saturated carbocycles. The average Bonchev–Trinajstić information content (AvgIpc) is 2.33. The lowest BCUT2D eigenvalue weighted by molar-refractivity contribution is 0.474. The quantitative estimate of drug-likeness (QED) is 0.842. The monoisotopic (exact) mass is 226 g/mol. The fourth-order valence-corrected chi connectivity index (χ4v) is 1.66. The Labute approximate surface area is 100 Å². The van der Waals surface area contributed by atoms with Crippen LogP contribution >= 0.6 is 0 Å². The second-order valence-electron chi connectivity index (χ2n) is 3.99. The molecule has 0 unspecified atom stereocenters. The molecular formula is C15H14O2. The maximum absolute atomic E-state index is 9.20. The van der Waals surface area contributed by atoms with Crippen LogP contribution in [0.4, 0.5) is 0 Å². The van der Waals surface area contributed by atoms with Crippen LogP contribution < -0.4 is 0 Å². The highest BCUT2D eigenvalue weighted by atomic mass is 16.3. The van der Waals surface area contributed by atoms with Gasteiger partial charge in [-0.05, 0) is 47.4 Å². The Morgan fingerprint density at radius 1 is 0.824 bits per heavy atom. The summed E-state index contributed by atoms with van der Waals surface area (Å²) in [5, 5.41) is 18.4. The summed E-state index contributed by atoms with van der Waals surface area (Å²) in [5.74, 6) is 0.523. The molecule has 2 N–H and O–H groups in total. The average molecular weight is 226 g/mol. The van der Waals surface area contributed by atoms with Crippen molar-refractivity contribution in [2.45, 2.75) is 6.42 Å². The fraction of sp³-hybridized carbons (Fsp3) is 0.0667. The summed E-state index contributed by atoms with van der Waals surface area (Å²) < 4.78 is 0. The molecule has 0 aliphatic heterocycles.